The number of halogens is 1. The van der Waals surface area contributed by atoms with Crippen LogP contribution in [0, 0.1) is 12.7 Å². The van der Waals surface area contributed by atoms with Crippen molar-refractivity contribution >= 4 is 17.3 Å². The number of anilines is 3. The molecule has 0 bridgehead atoms. The summed E-state index contributed by atoms with van der Waals surface area (Å²) in [4.78, 5) is 8.43. The molecule has 1 heterocycles. The van der Waals surface area contributed by atoms with Crippen molar-refractivity contribution in [3.8, 4) is 0 Å². The van der Waals surface area contributed by atoms with Crippen LogP contribution >= 0.6 is 0 Å². The zero-order valence-corrected chi connectivity index (χ0v) is 12.0. The summed E-state index contributed by atoms with van der Waals surface area (Å²) in [5, 5.41) is 6.11. The third kappa shape index (κ3) is 3.04. The fourth-order valence-corrected chi connectivity index (χ4v) is 2.07. The predicted octanol–water partition coefficient (Wildman–Crippen LogP) is 3.66. The molecule has 0 aliphatic heterocycles. The van der Waals surface area contributed by atoms with E-state index in [0.29, 0.717) is 11.5 Å². The summed E-state index contributed by atoms with van der Waals surface area (Å²) >= 11 is 0. The molecule has 0 saturated heterocycles. The Kier molecular flexibility index (Phi) is 4.50. The molecule has 4 nitrogen and oxygen atoms in total. The molecule has 0 amide bonds. The van der Waals surface area contributed by atoms with Crippen molar-refractivity contribution in [1.29, 1.82) is 0 Å². The second kappa shape index (κ2) is 6.32. The topological polar surface area (TPSA) is 49.8 Å². The summed E-state index contributed by atoms with van der Waals surface area (Å²) in [7, 11) is 1.82. The summed E-state index contributed by atoms with van der Waals surface area (Å²) in [6, 6.07) is 5.09. The lowest BCUT2D eigenvalue weighted by atomic mass is 10.1. The van der Waals surface area contributed by atoms with Crippen LogP contribution in [-0.2, 0) is 6.42 Å². The minimum absolute atomic E-state index is 0.280. The molecule has 1 aromatic carbocycles. The molecule has 5 heteroatoms. The molecule has 2 N–H and O–H groups in total. The van der Waals surface area contributed by atoms with E-state index in [9.17, 15) is 4.39 Å². The number of aryl methyl sites for hydroxylation is 1. The molecule has 0 radical (unpaired) electrons. The van der Waals surface area contributed by atoms with Crippen LogP contribution in [0.4, 0.5) is 21.7 Å². The Bertz CT molecular complexity index is 598. The second-order valence-electron chi connectivity index (χ2n) is 4.66. The molecule has 0 unspecified atom stereocenters. The standard InChI is InChI=1S/C15H19FN4/c1-4-5-11-14(17-3)18-9-19-15(11)20-13-7-6-10(2)8-12(13)16/h6-9H,4-5H2,1-3H3,(H2,17,18,19,20). The van der Waals surface area contributed by atoms with Gasteiger partial charge in [0, 0.05) is 12.6 Å². The van der Waals surface area contributed by atoms with Crippen molar-refractivity contribution in [1.82, 2.24) is 9.97 Å². The molecular weight excluding hydrogens is 255 g/mol. The van der Waals surface area contributed by atoms with Gasteiger partial charge in [0.15, 0.2) is 0 Å². The highest BCUT2D eigenvalue weighted by Gasteiger charge is 2.11. The molecule has 106 valence electrons. The fourth-order valence-electron chi connectivity index (χ4n) is 2.07. The summed E-state index contributed by atoms with van der Waals surface area (Å²) < 4.78 is 13.9. The van der Waals surface area contributed by atoms with E-state index < -0.39 is 0 Å². The molecule has 0 aliphatic rings. The summed E-state index contributed by atoms with van der Waals surface area (Å²) in [6.45, 7) is 3.95. The maximum absolute atomic E-state index is 13.9. The summed E-state index contributed by atoms with van der Waals surface area (Å²) in [5.41, 5.74) is 2.28. The van der Waals surface area contributed by atoms with E-state index in [0.717, 1.165) is 29.8 Å². The van der Waals surface area contributed by atoms with Crippen molar-refractivity contribution in [2.75, 3.05) is 17.7 Å². The Morgan fingerprint density at radius 3 is 2.60 bits per heavy atom. The van der Waals surface area contributed by atoms with Gasteiger partial charge in [-0.15, -0.1) is 0 Å². The van der Waals surface area contributed by atoms with Crippen LogP contribution in [-0.4, -0.2) is 17.0 Å². The van der Waals surface area contributed by atoms with Crippen LogP contribution in [0.1, 0.15) is 24.5 Å². The van der Waals surface area contributed by atoms with Crippen molar-refractivity contribution in [2.24, 2.45) is 0 Å². The van der Waals surface area contributed by atoms with Gasteiger partial charge >= 0.3 is 0 Å². The first-order valence-electron chi connectivity index (χ1n) is 6.70. The monoisotopic (exact) mass is 274 g/mol. The van der Waals surface area contributed by atoms with Gasteiger partial charge in [-0.05, 0) is 31.0 Å². The van der Waals surface area contributed by atoms with Crippen LogP contribution in [0.3, 0.4) is 0 Å². The Balaban J connectivity index is 2.37. The quantitative estimate of drug-likeness (QED) is 0.873. The number of rotatable bonds is 5. The number of aromatic nitrogens is 2. The average Bonchev–Trinajstić information content (AvgIpc) is 2.43. The van der Waals surface area contributed by atoms with Crippen molar-refractivity contribution in [3.63, 3.8) is 0 Å². The summed E-state index contributed by atoms with van der Waals surface area (Å²) in [5.74, 6) is 1.14. The van der Waals surface area contributed by atoms with Gasteiger partial charge in [-0.25, -0.2) is 14.4 Å². The van der Waals surface area contributed by atoms with E-state index in [4.69, 9.17) is 0 Å². The normalized spacial score (nSPS) is 10.4. The first-order chi connectivity index (χ1) is 9.65. The SMILES string of the molecule is CCCc1c(NC)ncnc1Nc1ccc(C)cc1F. The molecule has 0 aliphatic carbocycles. The van der Waals surface area contributed by atoms with Gasteiger partial charge in [-0.2, -0.15) is 0 Å². The van der Waals surface area contributed by atoms with Gasteiger partial charge in [-0.3, -0.25) is 0 Å². The Hall–Kier alpha value is -2.17. The zero-order chi connectivity index (χ0) is 14.5. The zero-order valence-electron chi connectivity index (χ0n) is 12.0. The molecule has 0 spiro atoms. The van der Waals surface area contributed by atoms with Crippen molar-refractivity contribution < 1.29 is 4.39 Å². The highest BCUT2D eigenvalue weighted by molar-refractivity contribution is 5.65. The van der Waals surface area contributed by atoms with E-state index in [1.54, 1.807) is 6.07 Å². The third-order valence-electron chi connectivity index (χ3n) is 3.06. The Labute approximate surface area is 118 Å². The lowest BCUT2D eigenvalue weighted by Gasteiger charge is -2.14. The minimum atomic E-state index is -0.280. The van der Waals surface area contributed by atoms with Gasteiger partial charge in [0.2, 0.25) is 0 Å². The largest absolute Gasteiger partial charge is 0.373 e. The van der Waals surface area contributed by atoms with Gasteiger partial charge < -0.3 is 10.6 Å². The van der Waals surface area contributed by atoms with Crippen molar-refractivity contribution in [2.45, 2.75) is 26.7 Å². The van der Waals surface area contributed by atoms with E-state index >= 15 is 0 Å². The van der Waals surface area contributed by atoms with Gasteiger partial charge in [0.25, 0.3) is 0 Å². The predicted molar refractivity (Wildman–Crippen MR) is 80.0 cm³/mol. The molecule has 0 saturated carbocycles. The fraction of sp³-hybridized carbons (Fsp3) is 0.333. The number of hydrogen-bond donors (Lipinski definition) is 2. The highest BCUT2D eigenvalue weighted by Crippen LogP contribution is 2.26. The smallest absolute Gasteiger partial charge is 0.146 e. The number of nitrogens with zero attached hydrogens (tertiary/aromatic N) is 2. The van der Waals surface area contributed by atoms with Crippen LogP contribution < -0.4 is 10.6 Å². The van der Waals surface area contributed by atoms with Gasteiger partial charge in [-0.1, -0.05) is 19.4 Å². The second-order valence-corrected chi connectivity index (χ2v) is 4.66. The lowest BCUT2D eigenvalue weighted by Crippen LogP contribution is -2.06. The molecule has 2 rings (SSSR count). The summed E-state index contributed by atoms with van der Waals surface area (Å²) in [6.07, 6.45) is 3.26. The highest BCUT2D eigenvalue weighted by atomic mass is 19.1. The van der Waals surface area contributed by atoms with Crippen LogP contribution in [0.2, 0.25) is 0 Å². The number of hydrogen-bond acceptors (Lipinski definition) is 4. The molecule has 0 fully saturated rings. The lowest BCUT2D eigenvalue weighted by molar-refractivity contribution is 0.630. The van der Waals surface area contributed by atoms with E-state index in [2.05, 4.69) is 27.5 Å². The average molecular weight is 274 g/mol. The third-order valence-corrected chi connectivity index (χ3v) is 3.06. The maximum Gasteiger partial charge on any atom is 0.146 e. The van der Waals surface area contributed by atoms with Crippen LogP contribution in [0.25, 0.3) is 0 Å². The molecule has 0 atom stereocenters. The minimum Gasteiger partial charge on any atom is -0.373 e. The van der Waals surface area contributed by atoms with E-state index in [1.165, 1.54) is 12.4 Å². The first-order valence-corrected chi connectivity index (χ1v) is 6.70. The van der Waals surface area contributed by atoms with Crippen LogP contribution in [0.5, 0.6) is 0 Å². The van der Waals surface area contributed by atoms with Crippen molar-refractivity contribution in [3.05, 3.63) is 41.5 Å². The van der Waals surface area contributed by atoms with E-state index in [-0.39, 0.29) is 5.82 Å². The van der Waals surface area contributed by atoms with Crippen LogP contribution in [0.15, 0.2) is 24.5 Å². The molecule has 2 aromatic rings. The Morgan fingerprint density at radius 2 is 1.95 bits per heavy atom. The first kappa shape index (κ1) is 14.2. The maximum atomic E-state index is 13.9. The van der Waals surface area contributed by atoms with E-state index in [1.807, 2.05) is 20.0 Å². The molecule has 20 heavy (non-hydrogen) atoms. The van der Waals surface area contributed by atoms with Gasteiger partial charge in [0.05, 0.1) is 5.69 Å². The molecule has 1 aromatic heterocycles. The van der Waals surface area contributed by atoms with Gasteiger partial charge in [0.1, 0.15) is 23.8 Å². The number of benzene rings is 1. The molecular formula is C15H19FN4. The Morgan fingerprint density at radius 1 is 1.20 bits per heavy atom. The number of nitrogens with one attached hydrogen (secondary N) is 2.